The van der Waals surface area contributed by atoms with E-state index in [2.05, 4.69) is 25.8 Å². The number of halogens is 3. The molecule has 0 radical (unpaired) electrons. The van der Waals surface area contributed by atoms with Gasteiger partial charge in [0.1, 0.15) is 41.4 Å². The minimum atomic E-state index is -0.936. The second kappa shape index (κ2) is 10.5. The molecule has 5 heterocycles. The van der Waals surface area contributed by atoms with Crippen molar-refractivity contribution in [3.63, 3.8) is 0 Å². The van der Waals surface area contributed by atoms with E-state index in [9.17, 15) is 19.0 Å². The van der Waals surface area contributed by atoms with Crippen LogP contribution in [0, 0.1) is 24.0 Å². The lowest BCUT2D eigenvalue weighted by Crippen LogP contribution is -2.44. The van der Waals surface area contributed by atoms with Crippen molar-refractivity contribution >= 4 is 27.5 Å². The first-order chi connectivity index (χ1) is 21.1. The van der Waals surface area contributed by atoms with Crippen molar-refractivity contribution in [2.75, 3.05) is 37.7 Å². The summed E-state index contributed by atoms with van der Waals surface area (Å²) in [5, 5.41) is 22.0. The average Bonchev–Trinajstić information content (AvgIpc) is 3.51. The first-order valence-corrected chi connectivity index (χ1v) is 14.9. The fourth-order valence-electron chi connectivity index (χ4n) is 7.12. The van der Waals surface area contributed by atoms with E-state index in [0.29, 0.717) is 55.5 Å². The summed E-state index contributed by atoms with van der Waals surface area (Å²) in [6.07, 6.45) is 9.21. The number of rotatable bonds is 5. The van der Waals surface area contributed by atoms with Crippen molar-refractivity contribution in [3.8, 4) is 35.4 Å². The number of fused-ring (bicyclic) bond motifs is 3. The van der Waals surface area contributed by atoms with Gasteiger partial charge in [-0.05, 0) is 62.7 Å². The number of aromatic hydroxyl groups is 1. The molecule has 3 aliphatic rings. The van der Waals surface area contributed by atoms with Crippen LogP contribution in [-0.4, -0.2) is 80.2 Å². The zero-order chi connectivity index (χ0) is 30.8. The summed E-state index contributed by atoms with van der Waals surface area (Å²) in [6, 6.07) is 5.33. The van der Waals surface area contributed by atoms with Crippen molar-refractivity contribution < 1.29 is 28.1 Å². The molecule has 2 atom stereocenters. The number of aliphatic hydroxyl groups is 1. The molecule has 11 heteroatoms. The Kier molecular flexibility index (Phi) is 6.83. The third kappa shape index (κ3) is 4.77. The van der Waals surface area contributed by atoms with Gasteiger partial charge in [0.2, 0.25) is 0 Å². The molecule has 2 aromatic carbocycles. The van der Waals surface area contributed by atoms with E-state index in [0.717, 1.165) is 19.4 Å². The fourth-order valence-corrected chi connectivity index (χ4v) is 7.12. The predicted molar refractivity (Wildman–Crippen MR) is 160 cm³/mol. The number of benzene rings is 2. The number of phenols is 1. The molecular weight excluding hydrogens is 571 g/mol. The smallest absolute Gasteiger partial charge is 0.319 e. The van der Waals surface area contributed by atoms with Crippen LogP contribution in [0.15, 0.2) is 30.5 Å². The first kappa shape index (κ1) is 28.6. The molecule has 7 rings (SSSR count). The first-order valence-electron chi connectivity index (χ1n) is 14.9. The normalized spacial score (nSPS) is 23.3. The highest BCUT2D eigenvalue weighted by molar-refractivity contribution is 6.03. The van der Waals surface area contributed by atoms with E-state index in [1.165, 1.54) is 30.5 Å². The van der Waals surface area contributed by atoms with Crippen LogP contribution in [0.3, 0.4) is 0 Å². The number of aromatic nitrogens is 3. The molecule has 2 unspecified atom stereocenters. The zero-order valence-electron chi connectivity index (χ0n) is 24.3. The lowest BCUT2D eigenvalue weighted by atomic mass is 9.93. The number of phenolic OH excluding ortho intramolecular Hbond substituents is 1. The summed E-state index contributed by atoms with van der Waals surface area (Å²) in [7, 11) is 0. The molecule has 3 saturated heterocycles. The molecule has 4 aromatic rings. The Morgan fingerprint density at radius 3 is 2.70 bits per heavy atom. The highest BCUT2D eigenvalue weighted by Gasteiger charge is 2.49. The van der Waals surface area contributed by atoms with Gasteiger partial charge in [-0.3, -0.25) is 9.88 Å². The molecule has 228 valence electrons. The zero-order valence-corrected chi connectivity index (χ0v) is 24.3. The van der Waals surface area contributed by atoms with Crippen molar-refractivity contribution in [3.05, 3.63) is 47.7 Å². The van der Waals surface area contributed by atoms with E-state index in [-0.39, 0.29) is 46.1 Å². The van der Waals surface area contributed by atoms with E-state index in [1.807, 2.05) is 4.90 Å². The predicted octanol–water partition coefficient (Wildman–Crippen LogP) is 5.12. The molecule has 44 heavy (non-hydrogen) atoms. The number of hydrogen-bond acceptors (Lipinski definition) is 8. The van der Waals surface area contributed by atoms with Crippen molar-refractivity contribution in [2.24, 2.45) is 0 Å². The Hall–Kier alpha value is -4.14. The molecular formula is C33H32F3N5O3. The number of alkyl halides is 1. The number of hydrogen-bond donors (Lipinski definition) is 2. The van der Waals surface area contributed by atoms with Gasteiger partial charge in [0.15, 0.2) is 5.82 Å². The molecule has 3 fully saturated rings. The maximum absolute atomic E-state index is 16.7. The Balaban J connectivity index is 1.37. The van der Waals surface area contributed by atoms with Gasteiger partial charge in [-0.25, -0.2) is 13.2 Å². The van der Waals surface area contributed by atoms with Crippen LogP contribution in [0.2, 0.25) is 0 Å². The molecule has 2 aromatic heterocycles. The van der Waals surface area contributed by atoms with Crippen molar-refractivity contribution in [1.82, 2.24) is 19.9 Å². The fraction of sp³-hybridized carbons (Fsp3) is 0.424. The number of pyridine rings is 1. The third-order valence-electron chi connectivity index (χ3n) is 9.47. The van der Waals surface area contributed by atoms with E-state index < -0.39 is 28.9 Å². The molecule has 0 saturated carbocycles. The largest absolute Gasteiger partial charge is 0.508 e. The van der Waals surface area contributed by atoms with Crippen LogP contribution < -0.4 is 9.64 Å². The van der Waals surface area contributed by atoms with Crippen LogP contribution in [0.1, 0.15) is 44.6 Å². The third-order valence-corrected chi connectivity index (χ3v) is 9.47. The molecule has 0 amide bonds. The quantitative estimate of drug-likeness (QED) is 0.304. The second-order valence-electron chi connectivity index (χ2n) is 12.5. The Morgan fingerprint density at radius 2 is 1.93 bits per heavy atom. The van der Waals surface area contributed by atoms with Crippen LogP contribution in [0.25, 0.3) is 32.9 Å². The standard InChI is InChI=1S/C33H32F3N5O3/c1-3-22-25(35)6-5-19-13-21(42)14-23(26(19)22)28-27(36)29-24(16-37-28)30(40-11-8-32(2,43)9-12-40)39-31(38-29)44-18-33-7-4-10-41(33)17-20(34)15-33/h1,5-6,13-14,16,20,42-43H,4,7-12,15,17-18H2,2H3. The van der Waals surface area contributed by atoms with Gasteiger partial charge >= 0.3 is 6.01 Å². The molecule has 0 spiro atoms. The summed E-state index contributed by atoms with van der Waals surface area (Å²) in [5.41, 5.74) is -1.49. The van der Waals surface area contributed by atoms with E-state index >= 15 is 4.39 Å². The topological polar surface area (TPSA) is 94.8 Å². The Labute approximate surface area is 252 Å². The van der Waals surface area contributed by atoms with Gasteiger partial charge in [-0.1, -0.05) is 12.0 Å². The lowest BCUT2D eigenvalue weighted by Gasteiger charge is -2.37. The number of ether oxygens (including phenoxy) is 1. The summed E-state index contributed by atoms with van der Waals surface area (Å²) in [6.45, 7) is 4.03. The summed E-state index contributed by atoms with van der Waals surface area (Å²) in [4.78, 5) is 17.7. The maximum atomic E-state index is 16.7. The van der Waals surface area contributed by atoms with Gasteiger partial charge in [0.05, 0.1) is 22.1 Å². The van der Waals surface area contributed by atoms with Crippen LogP contribution in [-0.2, 0) is 0 Å². The number of piperidine rings is 1. The SMILES string of the molecule is C#Cc1c(F)ccc2cc(O)cc(-c3ncc4c(N5CCC(C)(O)CC5)nc(OCC56CCCN5CC(F)C6)nc4c3F)c12. The number of nitrogens with zero attached hydrogens (tertiary/aromatic N) is 5. The molecule has 2 N–H and O–H groups in total. The highest BCUT2D eigenvalue weighted by atomic mass is 19.1. The van der Waals surface area contributed by atoms with Gasteiger partial charge in [-0.15, -0.1) is 6.42 Å². The molecule has 8 nitrogen and oxygen atoms in total. The lowest BCUT2D eigenvalue weighted by molar-refractivity contribution is 0.0350. The molecule has 0 aliphatic carbocycles. The molecule has 0 bridgehead atoms. The average molecular weight is 604 g/mol. The highest BCUT2D eigenvalue weighted by Crippen LogP contribution is 2.42. The van der Waals surface area contributed by atoms with Crippen LogP contribution in [0.4, 0.5) is 19.0 Å². The summed E-state index contributed by atoms with van der Waals surface area (Å²) < 4.78 is 52.0. The minimum Gasteiger partial charge on any atom is -0.508 e. The maximum Gasteiger partial charge on any atom is 0.319 e. The molecule has 3 aliphatic heterocycles. The monoisotopic (exact) mass is 603 g/mol. The van der Waals surface area contributed by atoms with Gasteiger partial charge in [0.25, 0.3) is 0 Å². The number of anilines is 1. The van der Waals surface area contributed by atoms with Gasteiger partial charge < -0.3 is 19.8 Å². The van der Waals surface area contributed by atoms with Crippen molar-refractivity contribution in [2.45, 2.75) is 56.3 Å². The van der Waals surface area contributed by atoms with E-state index in [1.54, 1.807) is 6.92 Å². The Bertz CT molecular complexity index is 1830. The van der Waals surface area contributed by atoms with Crippen LogP contribution >= 0.6 is 0 Å². The minimum absolute atomic E-state index is 0.0551. The second-order valence-corrected chi connectivity index (χ2v) is 12.5. The summed E-state index contributed by atoms with van der Waals surface area (Å²) >= 11 is 0. The van der Waals surface area contributed by atoms with Gasteiger partial charge in [0, 0.05) is 43.2 Å². The van der Waals surface area contributed by atoms with E-state index in [4.69, 9.17) is 11.2 Å². The van der Waals surface area contributed by atoms with Crippen molar-refractivity contribution in [1.29, 1.82) is 0 Å². The Morgan fingerprint density at radius 1 is 1.14 bits per heavy atom. The summed E-state index contributed by atoms with van der Waals surface area (Å²) in [5.74, 6) is 1.12. The van der Waals surface area contributed by atoms with Crippen LogP contribution in [0.5, 0.6) is 11.8 Å². The number of terminal acetylenes is 1. The van der Waals surface area contributed by atoms with Gasteiger partial charge in [-0.2, -0.15) is 9.97 Å².